The largest absolute Gasteiger partial charge is 0.491 e. The van der Waals surface area contributed by atoms with E-state index in [0.29, 0.717) is 29.0 Å². The summed E-state index contributed by atoms with van der Waals surface area (Å²) in [4.78, 5) is 25.9. The highest BCUT2D eigenvalue weighted by Gasteiger charge is 2.20. The molecule has 0 aromatic heterocycles. The van der Waals surface area contributed by atoms with Crippen LogP contribution < -0.4 is 15.4 Å². The third-order valence-corrected chi connectivity index (χ3v) is 4.98. The third kappa shape index (κ3) is 5.01. The molecule has 2 N–H and O–H groups in total. The molecule has 0 atom stereocenters. The van der Waals surface area contributed by atoms with Gasteiger partial charge in [0.05, 0.1) is 18.8 Å². The summed E-state index contributed by atoms with van der Waals surface area (Å²) in [5.41, 5.74) is 0.512. The fourth-order valence-electron chi connectivity index (χ4n) is 2.99. The molecule has 1 aromatic rings. The number of benzene rings is 1. The van der Waals surface area contributed by atoms with Gasteiger partial charge < -0.3 is 20.3 Å². The number of ether oxygens (including phenoxy) is 1. The molecule has 3 amide bonds. The summed E-state index contributed by atoms with van der Waals surface area (Å²) < 4.78 is 5.83. The van der Waals surface area contributed by atoms with E-state index in [1.807, 2.05) is 0 Å². The second kappa shape index (κ2) is 8.43. The Morgan fingerprint density at radius 1 is 1.20 bits per heavy atom. The molecule has 1 saturated heterocycles. The van der Waals surface area contributed by atoms with E-state index in [0.717, 1.165) is 25.9 Å². The predicted octanol–water partition coefficient (Wildman–Crippen LogP) is 3.26. The average molecular weight is 366 g/mol. The van der Waals surface area contributed by atoms with Gasteiger partial charge in [-0.05, 0) is 49.8 Å². The van der Waals surface area contributed by atoms with Crippen LogP contribution in [0.15, 0.2) is 18.2 Å². The van der Waals surface area contributed by atoms with E-state index in [2.05, 4.69) is 10.6 Å². The van der Waals surface area contributed by atoms with Crippen LogP contribution in [0.3, 0.4) is 0 Å². The van der Waals surface area contributed by atoms with Crippen molar-refractivity contribution >= 4 is 29.2 Å². The zero-order valence-electron chi connectivity index (χ0n) is 14.2. The van der Waals surface area contributed by atoms with Crippen molar-refractivity contribution in [1.82, 2.24) is 10.2 Å². The highest BCUT2D eigenvalue weighted by Crippen LogP contribution is 2.31. The Morgan fingerprint density at radius 2 is 1.96 bits per heavy atom. The monoisotopic (exact) mass is 365 g/mol. The van der Waals surface area contributed by atoms with Crippen LogP contribution in [-0.2, 0) is 4.79 Å². The molecule has 7 heteroatoms. The smallest absolute Gasteiger partial charge is 0.319 e. The van der Waals surface area contributed by atoms with Crippen LogP contribution >= 0.6 is 11.6 Å². The Hall–Kier alpha value is -1.95. The zero-order valence-corrected chi connectivity index (χ0v) is 15.0. The topological polar surface area (TPSA) is 70.7 Å². The number of hydrogen-bond acceptors (Lipinski definition) is 3. The fourth-order valence-corrected chi connectivity index (χ4v) is 3.17. The van der Waals surface area contributed by atoms with Crippen LogP contribution in [0, 0.1) is 5.92 Å². The first-order valence-electron chi connectivity index (χ1n) is 8.87. The van der Waals surface area contributed by atoms with E-state index in [-0.39, 0.29) is 12.5 Å². The van der Waals surface area contributed by atoms with Crippen molar-refractivity contribution in [2.24, 2.45) is 5.92 Å². The number of anilines is 1. The minimum atomic E-state index is -0.441. The van der Waals surface area contributed by atoms with Gasteiger partial charge in [-0.25, -0.2) is 4.79 Å². The van der Waals surface area contributed by atoms with Crippen molar-refractivity contribution in [2.45, 2.75) is 32.1 Å². The molecule has 1 saturated carbocycles. The molecule has 1 heterocycles. The number of nitrogens with zero attached hydrogens (tertiary/aromatic N) is 1. The molecule has 0 radical (unpaired) electrons. The van der Waals surface area contributed by atoms with Crippen LogP contribution in [-0.4, -0.2) is 43.1 Å². The van der Waals surface area contributed by atoms with Crippen molar-refractivity contribution in [2.75, 3.05) is 31.6 Å². The molecule has 0 spiro atoms. The van der Waals surface area contributed by atoms with E-state index >= 15 is 0 Å². The standard InChI is InChI=1S/C18H24ClN3O3/c19-14-6-7-16(25-12-13-4-3-5-13)15(10-14)21-18(24)20-11-17(23)22-8-1-2-9-22/h6-7,10,13H,1-5,8-9,11-12H2,(H2,20,21,24). The number of carbonyl (C=O) groups excluding carboxylic acids is 2. The van der Waals surface area contributed by atoms with Crippen LogP contribution in [0.2, 0.25) is 5.02 Å². The molecular weight excluding hydrogens is 342 g/mol. The van der Waals surface area contributed by atoms with Crippen molar-refractivity contribution in [1.29, 1.82) is 0 Å². The van der Waals surface area contributed by atoms with E-state index < -0.39 is 6.03 Å². The van der Waals surface area contributed by atoms with Gasteiger partial charge in [-0.1, -0.05) is 18.0 Å². The first-order valence-corrected chi connectivity index (χ1v) is 9.24. The maximum Gasteiger partial charge on any atom is 0.319 e. The van der Waals surface area contributed by atoms with Gasteiger partial charge >= 0.3 is 6.03 Å². The quantitative estimate of drug-likeness (QED) is 0.812. The molecule has 2 fully saturated rings. The third-order valence-electron chi connectivity index (χ3n) is 4.75. The van der Waals surface area contributed by atoms with Gasteiger partial charge in [0.15, 0.2) is 0 Å². The predicted molar refractivity (Wildman–Crippen MR) is 97.1 cm³/mol. The van der Waals surface area contributed by atoms with Crippen LogP contribution in [0.5, 0.6) is 5.75 Å². The minimum Gasteiger partial charge on any atom is -0.491 e. The SMILES string of the molecule is O=C(NCC(=O)N1CCCC1)Nc1cc(Cl)ccc1OCC1CCC1. The van der Waals surface area contributed by atoms with Gasteiger partial charge in [0.25, 0.3) is 0 Å². The van der Waals surface area contributed by atoms with Crippen LogP contribution in [0.4, 0.5) is 10.5 Å². The lowest BCUT2D eigenvalue weighted by Gasteiger charge is -2.25. The Morgan fingerprint density at radius 3 is 2.64 bits per heavy atom. The lowest BCUT2D eigenvalue weighted by atomic mass is 9.86. The molecule has 136 valence electrons. The van der Waals surface area contributed by atoms with E-state index in [1.54, 1.807) is 23.1 Å². The van der Waals surface area contributed by atoms with E-state index in [1.165, 1.54) is 19.3 Å². The molecule has 1 aliphatic carbocycles. The first kappa shape index (κ1) is 17.9. The van der Waals surface area contributed by atoms with Gasteiger partial charge in [0, 0.05) is 18.1 Å². The molecule has 1 aliphatic heterocycles. The maximum absolute atomic E-state index is 12.1. The van der Waals surface area contributed by atoms with Crippen molar-refractivity contribution < 1.29 is 14.3 Å². The number of hydrogen-bond donors (Lipinski definition) is 2. The van der Waals surface area contributed by atoms with E-state index in [9.17, 15) is 9.59 Å². The van der Waals surface area contributed by atoms with E-state index in [4.69, 9.17) is 16.3 Å². The van der Waals surface area contributed by atoms with Crippen LogP contribution in [0.25, 0.3) is 0 Å². The van der Waals surface area contributed by atoms with Crippen molar-refractivity contribution in [3.05, 3.63) is 23.2 Å². The summed E-state index contributed by atoms with van der Waals surface area (Å²) in [6, 6.07) is 4.70. The van der Waals surface area contributed by atoms with Gasteiger partial charge in [-0.15, -0.1) is 0 Å². The fraction of sp³-hybridized carbons (Fsp3) is 0.556. The van der Waals surface area contributed by atoms with Gasteiger partial charge in [0.1, 0.15) is 5.75 Å². The summed E-state index contributed by atoms with van der Waals surface area (Å²) in [7, 11) is 0. The highest BCUT2D eigenvalue weighted by atomic mass is 35.5. The summed E-state index contributed by atoms with van der Waals surface area (Å²) in [5, 5.41) is 5.84. The molecule has 6 nitrogen and oxygen atoms in total. The molecule has 25 heavy (non-hydrogen) atoms. The Kier molecular flexibility index (Phi) is 6.02. The second-order valence-electron chi connectivity index (χ2n) is 6.64. The number of rotatable bonds is 6. The molecule has 3 rings (SSSR count). The molecule has 0 unspecified atom stereocenters. The second-order valence-corrected chi connectivity index (χ2v) is 7.08. The lowest BCUT2D eigenvalue weighted by molar-refractivity contribution is -0.128. The molecular formula is C18H24ClN3O3. The molecule has 0 bridgehead atoms. The number of nitrogens with one attached hydrogen (secondary N) is 2. The number of urea groups is 1. The summed E-state index contributed by atoms with van der Waals surface area (Å²) in [5.74, 6) is 1.13. The maximum atomic E-state index is 12.1. The number of halogens is 1. The number of carbonyl (C=O) groups is 2. The van der Waals surface area contributed by atoms with Gasteiger partial charge in [-0.2, -0.15) is 0 Å². The normalized spacial score (nSPS) is 17.1. The van der Waals surface area contributed by atoms with Gasteiger partial charge in [-0.3, -0.25) is 4.79 Å². The summed E-state index contributed by atoms with van der Waals surface area (Å²) in [6.07, 6.45) is 5.70. The summed E-state index contributed by atoms with van der Waals surface area (Å²) in [6.45, 7) is 2.18. The van der Waals surface area contributed by atoms with Gasteiger partial charge in [0.2, 0.25) is 5.91 Å². The average Bonchev–Trinajstić information content (AvgIpc) is 3.07. The number of amides is 3. The Labute approximate surface area is 152 Å². The van der Waals surface area contributed by atoms with Crippen molar-refractivity contribution in [3.63, 3.8) is 0 Å². The summed E-state index contributed by atoms with van der Waals surface area (Å²) >= 11 is 6.03. The minimum absolute atomic E-state index is 0.00926. The van der Waals surface area contributed by atoms with Crippen molar-refractivity contribution in [3.8, 4) is 5.75 Å². The molecule has 2 aliphatic rings. The Balaban J connectivity index is 1.52. The van der Waals surface area contributed by atoms with Crippen LogP contribution in [0.1, 0.15) is 32.1 Å². The lowest BCUT2D eigenvalue weighted by Crippen LogP contribution is -2.40. The number of likely N-dealkylation sites (tertiary alicyclic amines) is 1. The molecule has 1 aromatic carbocycles. The Bertz CT molecular complexity index is 628. The highest BCUT2D eigenvalue weighted by molar-refractivity contribution is 6.31. The zero-order chi connectivity index (χ0) is 17.6. The first-order chi connectivity index (χ1) is 12.1.